The fraction of sp³-hybridized carbons (Fsp3) is 0.278. The predicted octanol–water partition coefficient (Wildman–Crippen LogP) is 2.28. The standard InChI is InChI=1S/C18H20N4O2/c1-12-15-9-13(11-20-17(15)22(2)21-12)10-19-16(18(23)24-3)14-7-5-4-6-8-14/h4-9,11,16,19H,10H2,1-3H3. The fourth-order valence-electron chi connectivity index (χ4n) is 2.77. The monoisotopic (exact) mass is 324 g/mol. The number of carbonyl (C=O) groups is 1. The summed E-state index contributed by atoms with van der Waals surface area (Å²) in [7, 11) is 3.27. The molecule has 1 unspecified atom stereocenters. The summed E-state index contributed by atoms with van der Waals surface area (Å²) < 4.78 is 6.68. The average molecular weight is 324 g/mol. The quantitative estimate of drug-likeness (QED) is 0.729. The van der Waals surface area contributed by atoms with Gasteiger partial charge in [-0.05, 0) is 24.1 Å². The predicted molar refractivity (Wildman–Crippen MR) is 91.3 cm³/mol. The van der Waals surface area contributed by atoms with Gasteiger partial charge in [0.2, 0.25) is 0 Å². The van der Waals surface area contributed by atoms with Gasteiger partial charge in [-0.15, -0.1) is 0 Å². The second kappa shape index (κ2) is 6.80. The van der Waals surface area contributed by atoms with E-state index in [1.807, 2.05) is 44.3 Å². The van der Waals surface area contributed by atoms with Crippen molar-refractivity contribution in [2.75, 3.05) is 7.11 Å². The smallest absolute Gasteiger partial charge is 0.327 e. The highest BCUT2D eigenvalue weighted by molar-refractivity contribution is 5.79. The first kappa shape index (κ1) is 16.1. The van der Waals surface area contributed by atoms with Crippen LogP contribution in [-0.2, 0) is 23.1 Å². The molecule has 2 aromatic heterocycles. The van der Waals surface area contributed by atoms with Gasteiger partial charge >= 0.3 is 5.97 Å². The van der Waals surface area contributed by atoms with E-state index in [1.54, 1.807) is 10.9 Å². The number of pyridine rings is 1. The van der Waals surface area contributed by atoms with Crippen molar-refractivity contribution in [1.29, 1.82) is 0 Å². The lowest BCUT2D eigenvalue weighted by Gasteiger charge is -2.17. The molecule has 0 spiro atoms. The van der Waals surface area contributed by atoms with E-state index >= 15 is 0 Å². The van der Waals surface area contributed by atoms with Gasteiger partial charge in [-0.3, -0.25) is 10.00 Å². The lowest BCUT2D eigenvalue weighted by molar-refractivity contribution is -0.143. The maximum atomic E-state index is 12.1. The highest BCUT2D eigenvalue weighted by atomic mass is 16.5. The van der Waals surface area contributed by atoms with Crippen LogP contribution in [0.5, 0.6) is 0 Å². The molecule has 24 heavy (non-hydrogen) atoms. The number of nitrogens with zero attached hydrogens (tertiary/aromatic N) is 3. The third-order valence-electron chi connectivity index (χ3n) is 4.00. The van der Waals surface area contributed by atoms with Crippen LogP contribution < -0.4 is 5.32 Å². The second-order valence-electron chi connectivity index (χ2n) is 5.67. The Bertz CT molecular complexity index is 858. The van der Waals surface area contributed by atoms with Crippen LogP contribution in [0.4, 0.5) is 0 Å². The number of ether oxygens (including phenoxy) is 1. The van der Waals surface area contributed by atoms with Crippen LogP contribution in [0.25, 0.3) is 11.0 Å². The van der Waals surface area contributed by atoms with Crippen molar-refractivity contribution >= 4 is 17.0 Å². The Morgan fingerprint density at radius 2 is 2.08 bits per heavy atom. The number of aryl methyl sites for hydroxylation is 2. The van der Waals surface area contributed by atoms with E-state index < -0.39 is 6.04 Å². The summed E-state index contributed by atoms with van der Waals surface area (Å²) in [6.07, 6.45) is 1.80. The van der Waals surface area contributed by atoms with Gasteiger partial charge in [-0.2, -0.15) is 5.10 Å². The van der Waals surface area contributed by atoms with Gasteiger partial charge in [-0.25, -0.2) is 9.78 Å². The van der Waals surface area contributed by atoms with Gasteiger partial charge in [0.15, 0.2) is 5.65 Å². The SMILES string of the molecule is COC(=O)C(NCc1cnc2c(c1)c(C)nn2C)c1ccccc1. The second-order valence-corrected chi connectivity index (χ2v) is 5.67. The van der Waals surface area contributed by atoms with Gasteiger partial charge in [0, 0.05) is 25.2 Å². The molecule has 0 bridgehead atoms. The van der Waals surface area contributed by atoms with E-state index in [0.29, 0.717) is 6.54 Å². The lowest BCUT2D eigenvalue weighted by Crippen LogP contribution is -2.29. The molecule has 0 saturated carbocycles. The molecule has 2 heterocycles. The van der Waals surface area contributed by atoms with E-state index in [1.165, 1.54) is 7.11 Å². The van der Waals surface area contributed by atoms with Crippen molar-refractivity contribution in [2.24, 2.45) is 7.05 Å². The minimum absolute atomic E-state index is 0.312. The fourth-order valence-corrected chi connectivity index (χ4v) is 2.77. The van der Waals surface area contributed by atoms with Crippen molar-refractivity contribution in [1.82, 2.24) is 20.1 Å². The molecule has 0 saturated heterocycles. The number of carbonyl (C=O) groups excluding carboxylic acids is 1. The largest absolute Gasteiger partial charge is 0.468 e. The molecule has 6 nitrogen and oxygen atoms in total. The van der Waals surface area contributed by atoms with Gasteiger partial charge in [-0.1, -0.05) is 30.3 Å². The third kappa shape index (κ3) is 3.14. The van der Waals surface area contributed by atoms with Gasteiger partial charge in [0.1, 0.15) is 6.04 Å². The summed E-state index contributed by atoms with van der Waals surface area (Å²) in [6, 6.07) is 11.1. The Morgan fingerprint density at radius 3 is 2.79 bits per heavy atom. The van der Waals surface area contributed by atoms with Crippen molar-refractivity contribution in [3.63, 3.8) is 0 Å². The summed E-state index contributed by atoms with van der Waals surface area (Å²) in [6.45, 7) is 2.47. The van der Waals surface area contributed by atoms with Crippen LogP contribution in [-0.4, -0.2) is 27.8 Å². The minimum atomic E-state index is -0.512. The first-order chi connectivity index (χ1) is 11.6. The normalized spacial score (nSPS) is 12.3. The van der Waals surface area contributed by atoms with Crippen LogP contribution in [0.15, 0.2) is 42.6 Å². The summed E-state index contributed by atoms with van der Waals surface area (Å²) in [5.41, 5.74) is 3.65. The summed E-state index contributed by atoms with van der Waals surface area (Å²) in [5, 5.41) is 8.65. The maximum absolute atomic E-state index is 12.1. The van der Waals surface area contributed by atoms with Crippen LogP contribution in [0.3, 0.4) is 0 Å². The van der Waals surface area contributed by atoms with Crippen molar-refractivity contribution in [3.05, 3.63) is 59.4 Å². The van der Waals surface area contributed by atoms with E-state index in [-0.39, 0.29) is 5.97 Å². The number of aromatic nitrogens is 3. The molecule has 1 N–H and O–H groups in total. The van der Waals surface area contributed by atoms with E-state index in [0.717, 1.165) is 27.9 Å². The zero-order valence-corrected chi connectivity index (χ0v) is 14.0. The third-order valence-corrected chi connectivity index (χ3v) is 4.00. The molecule has 0 aliphatic heterocycles. The highest BCUT2D eigenvalue weighted by Gasteiger charge is 2.20. The van der Waals surface area contributed by atoms with Gasteiger partial charge < -0.3 is 4.74 Å². The molecule has 124 valence electrons. The zero-order valence-electron chi connectivity index (χ0n) is 14.0. The van der Waals surface area contributed by atoms with E-state index in [4.69, 9.17) is 4.74 Å². The van der Waals surface area contributed by atoms with Crippen LogP contribution >= 0.6 is 0 Å². The molecule has 0 aliphatic rings. The van der Waals surface area contributed by atoms with Gasteiger partial charge in [0.05, 0.1) is 12.8 Å². The summed E-state index contributed by atoms with van der Waals surface area (Å²) in [4.78, 5) is 16.6. The van der Waals surface area contributed by atoms with Crippen LogP contribution in [0.2, 0.25) is 0 Å². The number of hydrogen-bond donors (Lipinski definition) is 1. The molecule has 1 aromatic carbocycles. The van der Waals surface area contributed by atoms with Crippen molar-refractivity contribution in [2.45, 2.75) is 19.5 Å². The first-order valence-electron chi connectivity index (χ1n) is 7.74. The topological polar surface area (TPSA) is 69.0 Å². The zero-order chi connectivity index (χ0) is 17.1. The summed E-state index contributed by atoms with van der Waals surface area (Å²) >= 11 is 0. The number of fused-ring (bicyclic) bond motifs is 1. The highest BCUT2D eigenvalue weighted by Crippen LogP contribution is 2.18. The molecule has 0 amide bonds. The van der Waals surface area contributed by atoms with E-state index in [9.17, 15) is 4.79 Å². The van der Waals surface area contributed by atoms with E-state index in [2.05, 4.69) is 21.5 Å². The molecule has 0 radical (unpaired) electrons. The molecule has 3 aromatic rings. The van der Waals surface area contributed by atoms with Crippen LogP contribution in [0.1, 0.15) is 22.9 Å². The Hall–Kier alpha value is -2.73. The molecule has 3 rings (SSSR count). The molecular weight excluding hydrogens is 304 g/mol. The average Bonchev–Trinajstić information content (AvgIpc) is 2.89. The Labute approximate surface area is 140 Å². The van der Waals surface area contributed by atoms with Crippen molar-refractivity contribution < 1.29 is 9.53 Å². The molecule has 6 heteroatoms. The molecule has 1 atom stereocenters. The number of hydrogen-bond acceptors (Lipinski definition) is 5. The number of esters is 1. The minimum Gasteiger partial charge on any atom is -0.468 e. The Morgan fingerprint density at radius 1 is 1.33 bits per heavy atom. The molecule has 0 aliphatic carbocycles. The number of rotatable bonds is 5. The van der Waals surface area contributed by atoms with Crippen LogP contribution in [0, 0.1) is 6.92 Å². The molecular formula is C18H20N4O2. The Balaban J connectivity index is 1.82. The molecule has 0 fully saturated rings. The number of nitrogens with one attached hydrogen (secondary N) is 1. The summed E-state index contributed by atoms with van der Waals surface area (Å²) in [5.74, 6) is -0.312. The van der Waals surface area contributed by atoms with Gasteiger partial charge in [0.25, 0.3) is 0 Å². The van der Waals surface area contributed by atoms with Crippen molar-refractivity contribution in [3.8, 4) is 0 Å². The number of benzene rings is 1. The first-order valence-corrected chi connectivity index (χ1v) is 7.74. The maximum Gasteiger partial charge on any atom is 0.327 e. The lowest BCUT2D eigenvalue weighted by atomic mass is 10.1. The number of methoxy groups -OCH3 is 1. The Kier molecular flexibility index (Phi) is 4.57.